The summed E-state index contributed by atoms with van der Waals surface area (Å²) in [4.78, 5) is 49.3. The molecule has 2 aliphatic rings. The van der Waals surface area contributed by atoms with Gasteiger partial charge in [0.25, 0.3) is 0 Å². The van der Waals surface area contributed by atoms with Gasteiger partial charge in [0.15, 0.2) is 0 Å². The van der Waals surface area contributed by atoms with E-state index < -0.39 is 40.7 Å². The maximum atomic E-state index is 13.4. The third-order valence-electron chi connectivity index (χ3n) is 6.85. The molecule has 0 amide bonds. The Morgan fingerprint density at radius 3 is 2.27 bits per heavy atom. The monoisotopic (exact) mass is 414 g/mol. The smallest absolute Gasteiger partial charge is 0.308 e. The van der Waals surface area contributed by atoms with Crippen LogP contribution in [-0.2, 0) is 29.3 Å². The van der Waals surface area contributed by atoms with Gasteiger partial charge in [-0.3, -0.25) is 14.4 Å². The highest BCUT2D eigenvalue weighted by molar-refractivity contribution is 5.93. The van der Waals surface area contributed by atoms with E-state index >= 15 is 0 Å². The van der Waals surface area contributed by atoms with Gasteiger partial charge in [-0.25, -0.2) is 0 Å². The van der Waals surface area contributed by atoms with E-state index in [4.69, 9.17) is 9.47 Å². The molecule has 6 nitrogen and oxygen atoms in total. The Labute approximate surface area is 177 Å². The third-order valence-corrected chi connectivity index (χ3v) is 6.85. The number of aldehydes is 1. The minimum Gasteiger partial charge on any atom is -0.457 e. The number of Topliss-reactive ketones (excluding diaryl/α,β-unsaturated/α-hetero) is 1. The van der Waals surface area contributed by atoms with Crippen LogP contribution in [0.1, 0.15) is 83.6 Å². The quantitative estimate of drug-likeness (QED) is 0.420. The lowest BCUT2D eigenvalue weighted by atomic mass is 9.47. The average Bonchev–Trinajstić information content (AvgIpc) is 2.61. The highest BCUT2D eigenvalue weighted by Crippen LogP contribution is 2.60. The van der Waals surface area contributed by atoms with E-state index in [9.17, 15) is 19.2 Å². The first-order valence-electron chi connectivity index (χ1n) is 10.4. The minimum absolute atomic E-state index is 0.0335. The summed E-state index contributed by atoms with van der Waals surface area (Å²) in [6.07, 6.45) is 0.532. The van der Waals surface area contributed by atoms with Crippen LogP contribution in [0.15, 0.2) is 12.1 Å². The second-order valence-corrected chi connectivity index (χ2v) is 9.68. The van der Waals surface area contributed by atoms with Crippen molar-refractivity contribution < 1.29 is 28.7 Å². The maximum absolute atomic E-state index is 13.4. The predicted molar refractivity (Wildman–Crippen MR) is 110 cm³/mol. The van der Waals surface area contributed by atoms with Crippen molar-refractivity contribution in [2.24, 2.45) is 17.3 Å². The van der Waals surface area contributed by atoms with Gasteiger partial charge in [0.2, 0.25) is 0 Å². The Hall–Kier alpha value is -2.50. The standard InChI is InChI=1S/C24H30O6/c1-12(2)15-8-16-18(9-19(15)29-13(3)26)24(7)10-17(21(16)30-14(4)27)22(28)23(5,6)20(24)11-25/h8-9,11-12,17,20-21H,10H2,1-7H3/t17-,20-,21?,24+/m0/s1. The number of benzene rings is 1. The number of hydrogen-bond donors (Lipinski definition) is 0. The molecule has 1 unspecified atom stereocenters. The molecule has 0 aliphatic heterocycles. The zero-order chi connectivity index (χ0) is 22.6. The van der Waals surface area contributed by atoms with Crippen LogP contribution in [0, 0.1) is 17.3 Å². The first kappa shape index (κ1) is 22.2. The fourth-order valence-electron chi connectivity index (χ4n) is 5.53. The van der Waals surface area contributed by atoms with Crippen LogP contribution < -0.4 is 4.74 Å². The van der Waals surface area contributed by atoms with E-state index in [1.807, 2.05) is 26.8 Å². The molecule has 30 heavy (non-hydrogen) atoms. The molecule has 6 heteroatoms. The fourth-order valence-corrected chi connectivity index (χ4v) is 5.53. The van der Waals surface area contributed by atoms with Gasteiger partial charge in [-0.2, -0.15) is 0 Å². The van der Waals surface area contributed by atoms with E-state index in [1.165, 1.54) is 13.8 Å². The summed E-state index contributed by atoms with van der Waals surface area (Å²) >= 11 is 0. The van der Waals surface area contributed by atoms with Crippen molar-refractivity contribution in [3.8, 4) is 5.75 Å². The van der Waals surface area contributed by atoms with Gasteiger partial charge in [-0.1, -0.05) is 34.6 Å². The van der Waals surface area contributed by atoms with Crippen molar-refractivity contribution in [2.75, 3.05) is 0 Å². The van der Waals surface area contributed by atoms with Gasteiger partial charge in [-0.15, -0.1) is 0 Å². The molecular formula is C24H30O6. The lowest BCUT2D eigenvalue weighted by molar-refractivity contribution is -0.164. The largest absolute Gasteiger partial charge is 0.457 e. The molecule has 0 radical (unpaired) electrons. The molecule has 0 aromatic heterocycles. The van der Waals surface area contributed by atoms with E-state index in [-0.39, 0.29) is 11.7 Å². The van der Waals surface area contributed by atoms with Crippen LogP contribution in [0.25, 0.3) is 0 Å². The average molecular weight is 414 g/mol. The molecule has 1 aromatic carbocycles. The van der Waals surface area contributed by atoms with Gasteiger partial charge in [0.05, 0.1) is 5.92 Å². The number of esters is 2. The molecule has 162 valence electrons. The summed E-state index contributed by atoms with van der Waals surface area (Å²) in [5.74, 6) is -1.57. The predicted octanol–water partition coefficient (Wildman–Crippen LogP) is 4.04. The second-order valence-electron chi connectivity index (χ2n) is 9.68. The molecule has 0 heterocycles. The van der Waals surface area contributed by atoms with Crippen LogP contribution in [-0.4, -0.2) is 24.0 Å². The van der Waals surface area contributed by atoms with E-state index in [0.717, 1.165) is 23.0 Å². The van der Waals surface area contributed by atoms with E-state index in [0.29, 0.717) is 12.2 Å². The van der Waals surface area contributed by atoms with E-state index in [1.54, 1.807) is 19.9 Å². The molecule has 1 fully saturated rings. The van der Waals surface area contributed by atoms with Crippen molar-refractivity contribution in [3.63, 3.8) is 0 Å². The summed E-state index contributed by atoms with van der Waals surface area (Å²) in [5, 5.41) is 0. The summed E-state index contributed by atoms with van der Waals surface area (Å²) in [5.41, 5.74) is 0.746. The number of carbonyl (C=O) groups is 4. The summed E-state index contributed by atoms with van der Waals surface area (Å²) in [7, 11) is 0. The van der Waals surface area contributed by atoms with Crippen molar-refractivity contribution >= 4 is 24.0 Å². The van der Waals surface area contributed by atoms with E-state index in [2.05, 4.69) is 0 Å². The van der Waals surface area contributed by atoms with Crippen molar-refractivity contribution in [2.45, 2.75) is 72.3 Å². The number of carbonyl (C=O) groups excluding carboxylic acids is 4. The SMILES string of the molecule is CC(=O)Oc1cc2c(cc1C(C)C)C(OC(C)=O)[C@@H]1C[C@@]2(C)[C@@H](C=O)C(C)(C)C1=O. The zero-order valence-electron chi connectivity index (χ0n) is 18.7. The van der Waals surface area contributed by atoms with Crippen LogP contribution in [0.3, 0.4) is 0 Å². The molecule has 1 aromatic rings. The number of rotatable bonds is 4. The number of fused-ring (bicyclic) bond motifs is 4. The molecule has 0 N–H and O–H groups in total. The van der Waals surface area contributed by atoms with Gasteiger partial charge >= 0.3 is 11.9 Å². The highest BCUT2D eigenvalue weighted by Gasteiger charge is 2.61. The van der Waals surface area contributed by atoms with Gasteiger partial charge < -0.3 is 14.3 Å². The second kappa shape index (κ2) is 7.33. The topological polar surface area (TPSA) is 86.7 Å². The first-order chi connectivity index (χ1) is 13.8. The first-order valence-corrected chi connectivity index (χ1v) is 10.4. The Morgan fingerprint density at radius 2 is 1.77 bits per heavy atom. The number of ketones is 1. The Bertz CT molecular complexity index is 928. The molecular weight excluding hydrogens is 384 g/mol. The Morgan fingerprint density at radius 1 is 1.13 bits per heavy atom. The zero-order valence-corrected chi connectivity index (χ0v) is 18.7. The molecule has 4 atom stereocenters. The van der Waals surface area contributed by atoms with Crippen molar-refractivity contribution in [1.82, 2.24) is 0 Å². The Kier molecular flexibility index (Phi) is 5.42. The van der Waals surface area contributed by atoms with Crippen LogP contribution in [0.4, 0.5) is 0 Å². The van der Waals surface area contributed by atoms with Crippen LogP contribution in [0.2, 0.25) is 0 Å². The highest BCUT2D eigenvalue weighted by atomic mass is 16.5. The molecule has 2 bridgehead atoms. The van der Waals surface area contributed by atoms with Crippen LogP contribution >= 0.6 is 0 Å². The van der Waals surface area contributed by atoms with Gasteiger partial charge in [0, 0.05) is 30.6 Å². The van der Waals surface area contributed by atoms with Gasteiger partial charge in [0.1, 0.15) is 23.9 Å². The molecule has 0 spiro atoms. The molecule has 2 aliphatic carbocycles. The fraction of sp³-hybridized carbons (Fsp3) is 0.583. The van der Waals surface area contributed by atoms with Crippen LogP contribution in [0.5, 0.6) is 5.75 Å². The number of hydrogen-bond acceptors (Lipinski definition) is 6. The molecule has 1 saturated carbocycles. The number of ether oxygens (including phenoxy) is 2. The molecule has 3 rings (SSSR count). The Balaban J connectivity index is 2.35. The minimum atomic E-state index is -0.909. The lowest BCUT2D eigenvalue weighted by Gasteiger charge is -2.55. The third kappa shape index (κ3) is 3.26. The van der Waals surface area contributed by atoms with Crippen molar-refractivity contribution in [1.29, 1.82) is 0 Å². The normalized spacial score (nSPS) is 29.2. The summed E-state index contributed by atoms with van der Waals surface area (Å²) in [6, 6.07) is 3.69. The van der Waals surface area contributed by atoms with Gasteiger partial charge in [-0.05, 0) is 41.2 Å². The summed E-state index contributed by atoms with van der Waals surface area (Å²) < 4.78 is 11.2. The van der Waals surface area contributed by atoms with Crippen molar-refractivity contribution in [3.05, 3.63) is 28.8 Å². The summed E-state index contributed by atoms with van der Waals surface area (Å²) in [6.45, 7) is 12.2. The molecule has 0 saturated heterocycles. The maximum Gasteiger partial charge on any atom is 0.308 e. The lowest BCUT2D eigenvalue weighted by Crippen LogP contribution is -2.58.